The van der Waals surface area contributed by atoms with E-state index in [0.717, 1.165) is 17.8 Å². The van der Waals surface area contributed by atoms with E-state index in [4.69, 9.17) is 4.74 Å². The number of benzene rings is 1. The molecule has 0 saturated carbocycles. The van der Waals surface area contributed by atoms with E-state index in [-0.39, 0.29) is 24.0 Å². The minimum absolute atomic E-state index is 0. The molecule has 1 aliphatic heterocycles. The molecule has 2 N–H and O–H groups in total. The molecule has 1 aromatic heterocycles. The van der Waals surface area contributed by atoms with E-state index >= 15 is 0 Å². The van der Waals surface area contributed by atoms with Crippen molar-refractivity contribution in [2.24, 2.45) is 4.99 Å². The first kappa shape index (κ1) is 21.5. The molecule has 0 bridgehead atoms. The smallest absolute Gasteiger partial charge is 0.370 e. The van der Waals surface area contributed by atoms with Gasteiger partial charge >= 0.3 is 6.18 Å². The normalized spacial score (nSPS) is 18.1. The van der Waals surface area contributed by atoms with Gasteiger partial charge < -0.3 is 15.0 Å². The second kappa shape index (κ2) is 9.40. The molecule has 1 fully saturated rings. The van der Waals surface area contributed by atoms with Crippen molar-refractivity contribution in [3.05, 3.63) is 53.3 Å². The van der Waals surface area contributed by atoms with Crippen LogP contribution in [0.2, 0.25) is 0 Å². The molecule has 1 saturated heterocycles. The summed E-state index contributed by atoms with van der Waals surface area (Å²) in [5.41, 5.74) is 0.750. The molecule has 0 aliphatic carbocycles. The lowest BCUT2D eigenvalue weighted by atomic mass is 10.0. The lowest BCUT2D eigenvalue weighted by molar-refractivity contribution is -0.137. The van der Waals surface area contributed by atoms with Crippen molar-refractivity contribution < 1.29 is 17.9 Å². The third kappa shape index (κ3) is 5.58. The Morgan fingerprint density at radius 1 is 1.41 bits per heavy atom. The van der Waals surface area contributed by atoms with Gasteiger partial charge in [-0.25, -0.2) is 0 Å². The molecule has 148 valence electrons. The van der Waals surface area contributed by atoms with Crippen LogP contribution in [0.5, 0.6) is 0 Å². The lowest BCUT2D eigenvalue weighted by Crippen LogP contribution is -2.48. The van der Waals surface area contributed by atoms with Gasteiger partial charge in [0.25, 0.3) is 0 Å². The fraction of sp³-hybridized carbons (Fsp3) is 0.412. The van der Waals surface area contributed by atoms with Crippen LogP contribution in [0.25, 0.3) is 0 Å². The Balaban J connectivity index is 0.00000261. The van der Waals surface area contributed by atoms with Crippen molar-refractivity contribution in [2.75, 3.05) is 26.7 Å². The zero-order valence-corrected chi connectivity index (χ0v) is 17.0. The van der Waals surface area contributed by atoms with Crippen LogP contribution in [-0.4, -0.2) is 47.8 Å². The Bertz CT molecular complexity index is 751. The Kier molecular flexibility index (Phi) is 7.48. The average molecular weight is 495 g/mol. The molecule has 1 unspecified atom stereocenters. The van der Waals surface area contributed by atoms with Crippen LogP contribution in [0.1, 0.15) is 22.9 Å². The van der Waals surface area contributed by atoms with Crippen LogP contribution in [0.3, 0.4) is 0 Å². The van der Waals surface area contributed by atoms with E-state index in [1.807, 2.05) is 11.0 Å². The van der Waals surface area contributed by atoms with Crippen molar-refractivity contribution >= 4 is 29.9 Å². The number of nitrogens with zero attached hydrogens (tertiary/aromatic N) is 3. The molecule has 1 atom stereocenters. The summed E-state index contributed by atoms with van der Waals surface area (Å²) in [7, 11) is 1.67. The lowest BCUT2D eigenvalue weighted by Gasteiger charge is -2.35. The van der Waals surface area contributed by atoms with Crippen molar-refractivity contribution in [2.45, 2.75) is 18.8 Å². The molecule has 0 amide bonds. The fourth-order valence-corrected chi connectivity index (χ4v) is 2.85. The summed E-state index contributed by atoms with van der Waals surface area (Å²) in [5.74, 6) is 0.667. The number of halogens is 4. The van der Waals surface area contributed by atoms with E-state index in [9.17, 15) is 13.2 Å². The molecular weight excluding hydrogens is 474 g/mol. The molecule has 6 nitrogen and oxygen atoms in total. The van der Waals surface area contributed by atoms with E-state index in [1.165, 1.54) is 6.07 Å². The Labute approximate surface area is 172 Å². The number of hydrogen-bond donors (Lipinski definition) is 2. The van der Waals surface area contributed by atoms with Gasteiger partial charge in [0.05, 0.1) is 31.0 Å². The van der Waals surface area contributed by atoms with Gasteiger partial charge in [-0.15, -0.1) is 24.0 Å². The molecule has 0 radical (unpaired) electrons. The SMILES string of the molecule is CN=C(NCc1ccn[nH]1)N1CCOC(c2cccc(C(F)(F)F)c2)C1.I. The number of aromatic nitrogens is 2. The number of rotatable bonds is 3. The van der Waals surface area contributed by atoms with Gasteiger partial charge in [0.1, 0.15) is 6.10 Å². The number of nitrogens with one attached hydrogen (secondary N) is 2. The zero-order chi connectivity index (χ0) is 18.6. The van der Waals surface area contributed by atoms with E-state index in [1.54, 1.807) is 19.3 Å². The van der Waals surface area contributed by atoms with Gasteiger partial charge in [0, 0.05) is 19.8 Å². The molecule has 2 aromatic rings. The quantitative estimate of drug-likeness (QED) is 0.390. The molecule has 0 spiro atoms. The Morgan fingerprint density at radius 2 is 2.22 bits per heavy atom. The van der Waals surface area contributed by atoms with Crippen molar-refractivity contribution in [1.82, 2.24) is 20.4 Å². The predicted octanol–water partition coefficient (Wildman–Crippen LogP) is 3.20. The van der Waals surface area contributed by atoms with Crippen molar-refractivity contribution in [1.29, 1.82) is 0 Å². The van der Waals surface area contributed by atoms with Gasteiger partial charge in [-0.3, -0.25) is 10.1 Å². The van der Waals surface area contributed by atoms with Gasteiger partial charge in [-0.05, 0) is 23.8 Å². The minimum atomic E-state index is -4.37. The summed E-state index contributed by atoms with van der Waals surface area (Å²) >= 11 is 0. The van der Waals surface area contributed by atoms with E-state index < -0.39 is 17.8 Å². The third-order valence-corrected chi connectivity index (χ3v) is 4.16. The van der Waals surface area contributed by atoms with Crippen LogP contribution < -0.4 is 5.32 Å². The third-order valence-electron chi connectivity index (χ3n) is 4.16. The molecule has 27 heavy (non-hydrogen) atoms. The van der Waals surface area contributed by atoms with E-state index in [0.29, 0.717) is 37.8 Å². The standard InChI is InChI=1S/C17H20F3N5O.HI/c1-21-16(22-10-14-5-6-23-24-14)25-7-8-26-15(11-25)12-3-2-4-13(9-12)17(18,19)20;/h2-6,9,15H,7-8,10-11H2,1H3,(H,21,22)(H,23,24);1H. The molecule has 3 rings (SSSR count). The number of hydrogen-bond acceptors (Lipinski definition) is 3. The molecule has 2 heterocycles. The van der Waals surface area contributed by atoms with Gasteiger partial charge in [0.15, 0.2) is 5.96 Å². The molecule has 1 aliphatic rings. The summed E-state index contributed by atoms with van der Waals surface area (Å²) < 4.78 is 44.5. The van der Waals surface area contributed by atoms with E-state index in [2.05, 4.69) is 20.5 Å². The predicted molar refractivity (Wildman–Crippen MR) is 106 cm³/mol. The van der Waals surface area contributed by atoms with Crippen LogP contribution >= 0.6 is 24.0 Å². The maximum Gasteiger partial charge on any atom is 0.416 e. The fourth-order valence-electron chi connectivity index (χ4n) is 2.85. The molecular formula is C17H21F3IN5O. The Morgan fingerprint density at radius 3 is 2.89 bits per heavy atom. The number of morpholine rings is 1. The maximum atomic E-state index is 12.9. The Hall–Kier alpha value is -1.82. The number of ether oxygens (including phenoxy) is 1. The highest BCUT2D eigenvalue weighted by atomic mass is 127. The summed E-state index contributed by atoms with van der Waals surface area (Å²) in [5, 5.41) is 9.96. The average Bonchev–Trinajstić information content (AvgIpc) is 3.15. The van der Waals surface area contributed by atoms with Gasteiger partial charge in [-0.2, -0.15) is 18.3 Å². The summed E-state index contributed by atoms with van der Waals surface area (Å²) in [6.07, 6.45) is -3.15. The summed E-state index contributed by atoms with van der Waals surface area (Å²) in [6, 6.07) is 7.13. The van der Waals surface area contributed by atoms with Crippen LogP contribution in [0.15, 0.2) is 41.5 Å². The van der Waals surface area contributed by atoms with Crippen LogP contribution in [-0.2, 0) is 17.5 Å². The monoisotopic (exact) mass is 495 g/mol. The van der Waals surface area contributed by atoms with Crippen molar-refractivity contribution in [3.8, 4) is 0 Å². The summed E-state index contributed by atoms with van der Waals surface area (Å²) in [6.45, 7) is 1.96. The highest BCUT2D eigenvalue weighted by molar-refractivity contribution is 14.0. The highest BCUT2D eigenvalue weighted by Gasteiger charge is 2.32. The topological polar surface area (TPSA) is 65.5 Å². The maximum absolute atomic E-state index is 12.9. The minimum Gasteiger partial charge on any atom is -0.370 e. The molecule has 10 heteroatoms. The number of H-pyrrole nitrogens is 1. The number of aromatic amines is 1. The first-order valence-corrected chi connectivity index (χ1v) is 8.20. The van der Waals surface area contributed by atoms with Gasteiger partial charge in [0.2, 0.25) is 0 Å². The van der Waals surface area contributed by atoms with Crippen LogP contribution in [0, 0.1) is 0 Å². The number of guanidine groups is 1. The van der Waals surface area contributed by atoms with Crippen molar-refractivity contribution in [3.63, 3.8) is 0 Å². The highest BCUT2D eigenvalue weighted by Crippen LogP contribution is 2.32. The van der Waals surface area contributed by atoms with Crippen LogP contribution in [0.4, 0.5) is 13.2 Å². The zero-order valence-electron chi connectivity index (χ0n) is 14.7. The largest absolute Gasteiger partial charge is 0.416 e. The number of alkyl halides is 3. The second-order valence-electron chi connectivity index (χ2n) is 5.91. The summed E-state index contributed by atoms with van der Waals surface area (Å²) in [4.78, 5) is 6.23. The molecule has 1 aromatic carbocycles. The second-order valence-corrected chi connectivity index (χ2v) is 5.91. The number of aliphatic imine (C=N–C) groups is 1. The first-order valence-electron chi connectivity index (χ1n) is 8.20. The first-order chi connectivity index (χ1) is 12.5. The van der Waals surface area contributed by atoms with Gasteiger partial charge in [-0.1, -0.05) is 12.1 Å².